The Kier molecular flexibility index (Phi) is 6.57. The van der Waals surface area contributed by atoms with Crippen LogP contribution in [0.3, 0.4) is 0 Å². The molecule has 0 amide bonds. The summed E-state index contributed by atoms with van der Waals surface area (Å²) in [5, 5.41) is 0. The average Bonchev–Trinajstić information content (AvgIpc) is 2.06. The van der Waals surface area contributed by atoms with Crippen molar-refractivity contribution >= 4 is 0 Å². The molecule has 0 aliphatic rings. The lowest BCUT2D eigenvalue weighted by molar-refractivity contribution is -0.0231. The predicted molar refractivity (Wildman–Crippen MR) is 46.8 cm³/mol. The van der Waals surface area contributed by atoms with Crippen LogP contribution in [0.15, 0.2) is 0 Å². The monoisotopic (exact) mass is 160 g/mol. The number of rotatable bonds is 6. The van der Waals surface area contributed by atoms with E-state index in [1.807, 2.05) is 0 Å². The predicted octanol–water partition coefficient (Wildman–Crippen LogP) is 2.23. The SMILES string of the molecule is CCC(C)OCC(CC)OC. The Hall–Kier alpha value is -0.0800. The molecule has 68 valence electrons. The number of methoxy groups -OCH3 is 1. The summed E-state index contributed by atoms with van der Waals surface area (Å²) in [7, 11) is 1.73. The van der Waals surface area contributed by atoms with Gasteiger partial charge in [0, 0.05) is 7.11 Å². The molecule has 11 heavy (non-hydrogen) atoms. The first-order valence-electron chi connectivity index (χ1n) is 4.38. The molecule has 0 fully saturated rings. The maximum Gasteiger partial charge on any atom is 0.0802 e. The van der Waals surface area contributed by atoms with Gasteiger partial charge in [-0.15, -0.1) is 0 Å². The van der Waals surface area contributed by atoms with Gasteiger partial charge in [-0.25, -0.2) is 0 Å². The molecule has 0 aromatic heterocycles. The highest BCUT2D eigenvalue weighted by Gasteiger charge is 2.06. The molecule has 2 unspecified atom stereocenters. The molecule has 2 heteroatoms. The van der Waals surface area contributed by atoms with Gasteiger partial charge in [0.05, 0.1) is 18.8 Å². The van der Waals surface area contributed by atoms with Crippen LogP contribution in [-0.2, 0) is 9.47 Å². The van der Waals surface area contributed by atoms with Gasteiger partial charge in [-0.2, -0.15) is 0 Å². The van der Waals surface area contributed by atoms with Crippen LogP contribution in [0.25, 0.3) is 0 Å². The number of hydrogen-bond donors (Lipinski definition) is 0. The lowest BCUT2D eigenvalue weighted by atomic mass is 10.3. The van der Waals surface area contributed by atoms with E-state index in [0.717, 1.165) is 19.4 Å². The second kappa shape index (κ2) is 6.62. The fraction of sp³-hybridized carbons (Fsp3) is 1.00. The van der Waals surface area contributed by atoms with Gasteiger partial charge < -0.3 is 9.47 Å². The second-order valence-corrected chi connectivity index (χ2v) is 2.82. The minimum Gasteiger partial charge on any atom is -0.379 e. The molecule has 0 aliphatic carbocycles. The molecule has 2 nitrogen and oxygen atoms in total. The minimum absolute atomic E-state index is 0.268. The third-order valence-electron chi connectivity index (χ3n) is 1.93. The van der Waals surface area contributed by atoms with E-state index in [1.165, 1.54) is 0 Å². The van der Waals surface area contributed by atoms with Gasteiger partial charge >= 0.3 is 0 Å². The lowest BCUT2D eigenvalue weighted by Crippen LogP contribution is -2.20. The fourth-order valence-corrected chi connectivity index (χ4v) is 0.742. The van der Waals surface area contributed by atoms with Crippen molar-refractivity contribution in [2.45, 2.75) is 45.8 Å². The van der Waals surface area contributed by atoms with Crippen molar-refractivity contribution in [3.8, 4) is 0 Å². The molecule has 0 aliphatic heterocycles. The normalized spacial score (nSPS) is 16.4. The van der Waals surface area contributed by atoms with Crippen LogP contribution in [0.2, 0.25) is 0 Å². The van der Waals surface area contributed by atoms with Gasteiger partial charge in [0.25, 0.3) is 0 Å². The Morgan fingerprint density at radius 1 is 1.18 bits per heavy atom. The van der Waals surface area contributed by atoms with Crippen LogP contribution >= 0.6 is 0 Å². The maximum absolute atomic E-state index is 5.51. The minimum atomic E-state index is 0.268. The third kappa shape index (κ3) is 5.22. The quantitative estimate of drug-likeness (QED) is 0.593. The van der Waals surface area contributed by atoms with Crippen LogP contribution in [0, 0.1) is 0 Å². The first-order valence-corrected chi connectivity index (χ1v) is 4.38. The van der Waals surface area contributed by atoms with E-state index in [1.54, 1.807) is 7.11 Å². The smallest absolute Gasteiger partial charge is 0.0802 e. The van der Waals surface area contributed by atoms with Gasteiger partial charge in [0.1, 0.15) is 0 Å². The summed E-state index contributed by atoms with van der Waals surface area (Å²) in [4.78, 5) is 0. The van der Waals surface area contributed by atoms with Crippen molar-refractivity contribution in [1.82, 2.24) is 0 Å². The molecule has 0 spiro atoms. The van der Waals surface area contributed by atoms with Gasteiger partial charge in [-0.3, -0.25) is 0 Å². The van der Waals surface area contributed by atoms with Crippen molar-refractivity contribution in [3.63, 3.8) is 0 Å². The highest BCUT2D eigenvalue weighted by Crippen LogP contribution is 2.01. The summed E-state index contributed by atoms with van der Waals surface area (Å²) < 4.78 is 10.7. The Balaban J connectivity index is 3.34. The first-order chi connectivity index (χ1) is 5.24. The molecule has 2 atom stereocenters. The molecular weight excluding hydrogens is 140 g/mol. The van der Waals surface area contributed by atoms with E-state index in [4.69, 9.17) is 9.47 Å². The van der Waals surface area contributed by atoms with Crippen molar-refractivity contribution in [3.05, 3.63) is 0 Å². The fourth-order valence-electron chi connectivity index (χ4n) is 0.742. The Morgan fingerprint density at radius 2 is 1.82 bits per heavy atom. The number of ether oxygens (including phenoxy) is 2. The van der Waals surface area contributed by atoms with Gasteiger partial charge in [-0.05, 0) is 19.8 Å². The average molecular weight is 160 g/mol. The van der Waals surface area contributed by atoms with Gasteiger partial charge in [-0.1, -0.05) is 13.8 Å². The van der Waals surface area contributed by atoms with Crippen LogP contribution in [0.4, 0.5) is 0 Å². The van der Waals surface area contributed by atoms with Crippen molar-refractivity contribution < 1.29 is 9.47 Å². The summed E-state index contributed by atoms with van der Waals surface area (Å²) in [6.45, 7) is 7.04. The van der Waals surface area contributed by atoms with E-state index in [-0.39, 0.29) is 6.10 Å². The zero-order chi connectivity index (χ0) is 8.69. The molecule has 0 aromatic carbocycles. The van der Waals surface area contributed by atoms with Crippen LogP contribution < -0.4 is 0 Å². The molecule has 0 saturated heterocycles. The molecule has 0 bridgehead atoms. The van der Waals surface area contributed by atoms with E-state index in [2.05, 4.69) is 20.8 Å². The molecule has 0 N–H and O–H groups in total. The van der Waals surface area contributed by atoms with Crippen LogP contribution in [0.1, 0.15) is 33.6 Å². The van der Waals surface area contributed by atoms with E-state index < -0.39 is 0 Å². The largest absolute Gasteiger partial charge is 0.379 e. The molecule has 0 saturated carbocycles. The van der Waals surface area contributed by atoms with Crippen molar-refractivity contribution in [1.29, 1.82) is 0 Å². The van der Waals surface area contributed by atoms with Crippen LogP contribution in [-0.4, -0.2) is 25.9 Å². The molecular formula is C9H20O2. The zero-order valence-corrected chi connectivity index (χ0v) is 8.09. The summed E-state index contributed by atoms with van der Waals surface area (Å²) in [6.07, 6.45) is 2.72. The van der Waals surface area contributed by atoms with Gasteiger partial charge in [0.15, 0.2) is 0 Å². The van der Waals surface area contributed by atoms with Gasteiger partial charge in [0.2, 0.25) is 0 Å². The molecule has 0 radical (unpaired) electrons. The zero-order valence-electron chi connectivity index (χ0n) is 8.09. The second-order valence-electron chi connectivity index (χ2n) is 2.82. The Labute approximate surface area is 69.9 Å². The summed E-state index contributed by atoms with van der Waals surface area (Å²) >= 11 is 0. The highest BCUT2D eigenvalue weighted by atomic mass is 16.5. The van der Waals surface area contributed by atoms with Crippen molar-refractivity contribution in [2.75, 3.05) is 13.7 Å². The molecule has 0 heterocycles. The summed E-state index contributed by atoms with van der Waals surface area (Å²) in [5.74, 6) is 0. The maximum atomic E-state index is 5.51. The molecule has 0 aromatic rings. The highest BCUT2D eigenvalue weighted by molar-refractivity contribution is 4.53. The standard InChI is InChI=1S/C9H20O2/c1-5-8(3)11-7-9(6-2)10-4/h8-9H,5-7H2,1-4H3. The molecule has 0 rings (SSSR count). The lowest BCUT2D eigenvalue weighted by Gasteiger charge is -2.16. The Morgan fingerprint density at radius 3 is 2.18 bits per heavy atom. The first kappa shape index (κ1) is 10.9. The van der Waals surface area contributed by atoms with E-state index in [0.29, 0.717) is 6.10 Å². The topological polar surface area (TPSA) is 18.5 Å². The summed E-state index contributed by atoms with van der Waals surface area (Å²) in [6, 6.07) is 0. The van der Waals surface area contributed by atoms with Crippen LogP contribution in [0.5, 0.6) is 0 Å². The Bertz CT molecular complexity index is 79.6. The van der Waals surface area contributed by atoms with Crippen molar-refractivity contribution in [2.24, 2.45) is 0 Å². The summed E-state index contributed by atoms with van der Waals surface area (Å²) in [5.41, 5.74) is 0. The van der Waals surface area contributed by atoms with E-state index >= 15 is 0 Å². The number of hydrogen-bond acceptors (Lipinski definition) is 2. The van der Waals surface area contributed by atoms with E-state index in [9.17, 15) is 0 Å². The third-order valence-corrected chi connectivity index (χ3v) is 1.93.